The highest BCUT2D eigenvalue weighted by atomic mass is 16.5. The largest absolute Gasteiger partial charge is 0.481 e. The SMILES string of the molecule is COC(C)CCC(=O)Nc1cccc(CCC(=O)O)c1. The van der Waals surface area contributed by atoms with Crippen LogP contribution in [0, 0.1) is 0 Å². The van der Waals surface area contributed by atoms with E-state index < -0.39 is 5.97 Å². The van der Waals surface area contributed by atoms with E-state index in [1.54, 1.807) is 19.2 Å². The van der Waals surface area contributed by atoms with Gasteiger partial charge in [-0.25, -0.2) is 0 Å². The zero-order valence-corrected chi connectivity index (χ0v) is 11.9. The highest BCUT2D eigenvalue weighted by Gasteiger charge is 2.07. The summed E-state index contributed by atoms with van der Waals surface area (Å²) in [4.78, 5) is 22.3. The predicted octanol–water partition coefficient (Wildman–Crippen LogP) is 2.46. The summed E-state index contributed by atoms with van der Waals surface area (Å²) in [6.45, 7) is 1.92. The Hall–Kier alpha value is -1.88. The minimum Gasteiger partial charge on any atom is -0.481 e. The van der Waals surface area contributed by atoms with E-state index in [0.29, 0.717) is 24.9 Å². The highest BCUT2D eigenvalue weighted by molar-refractivity contribution is 5.90. The zero-order valence-electron chi connectivity index (χ0n) is 11.9. The second-order valence-electron chi connectivity index (χ2n) is 4.73. The number of methoxy groups -OCH3 is 1. The van der Waals surface area contributed by atoms with Gasteiger partial charge in [0.2, 0.25) is 5.91 Å². The van der Waals surface area contributed by atoms with Gasteiger partial charge in [-0.15, -0.1) is 0 Å². The lowest BCUT2D eigenvalue weighted by Crippen LogP contribution is -2.15. The van der Waals surface area contributed by atoms with Crippen LogP contribution in [-0.2, 0) is 20.7 Å². The maximum absolute atomic E-state index is 11.7. The molecule has 5 heteroatoms. The molecule has 0 saturated carbocycles. The minimum atomic E-state index is -0.826. The molecule has 0 aliphatic rings. The second kappa shape index (κ2) is 8.32. The summed E-state index contributed by atoms with van der Waals surface area (Å²) in [5.74, 6) is -0.891. The fourth-order valence-corrected chi connectivity index (χ4v) is 1.73. The van der Waals surface area contributed by atoms with Gasteiger partial charge >= 0.3 is 5.97 Å². The molecule has 110 valence electrons. The van der Waals surface area contributed by atoms with Crippen LogP contribution >= 0.6 is 0 Å². The van der Waals surface area contributed by atoms with Crippen molar-refractivity contribution < 1.29 is 19.4 Å². The first kappa shape index (κ1) is 16.2. The average molecular weight is 279 g/mol. The summed E-state index contributed by atoms with van der Waals surface area (Å²) in [6.07, 6.45) is 1.67. The number of carboxylic acids is 1. The lowest BCUT2D eigenvalue weighted by molar-refractivity contribution is -0.137. The first-order valence-electron chi connectivity index (χ1n) is 6.64. The first-order chi connectivity index (χ1) is 9.51. The van der Waals surface area contributed by atoms with Gasteiger partial charge in [0.1, 0.15) is 0 Å². The third kappa shape index (κ3) is 6.33. The van der Waals surface area contributed by atoms with Crippen molar-refractivity contribution in [1.29, 1.82) is 0 Å². The minimum absolute atomic E-state index is 0.0580. The summed E-state index contributed by atoms with van der Waals surface area (Å²) < 4.78 is 5.09. The number of nitrogens with one attached hydrogen (secondary N) is 1. The van der Waals surface area contributed by atoms with Crippen LogP contribution in [0.2, 0.25) is 0 Å². The normalized spacial score (nSPS) is 11.9. The molecular formula is C15H21NO4. The summed E-state index contributed by atoms with van der Waals surface area (Å²) >= 11 is 0. The summed E-state index contributed by atoms with van der Waals surface area (Å²) in [5, 5.41) is 11.5. The van der Waals surface area contributed by atoms with Gasteiger partial charge in [0.05, 0.1) is 6.10 Å². The molecule has 0 bridgehead atoms. The molecule has 0 aliphatic carbocycles. The molecule has 1 atom stereocenters. The zero-order chi connectivity index (χ0) is 15.0. The molecule has 0 saturated heterocycles. The second-order valence-corrected chi connectivity index (χ2v) is 4.73. The fraction of sp³-hybridized carbons (Fsp3) is 0.467. The highest BCUT2D eigenvalue weighted by Crippen LogP contribution is 2.13. The molecular weight excluding hydrogens is 258 g/mol. The standard InChI is InChI=1S/C15H21NO4/c1-11(20-2)6-8-14(17)16-13-5-3-4-12(10-13)7-9-15(18)19/h3-5,10-11H,6-9H2,1-2H3,(H,16,17)(H,18,19). The Morgan fingerprint density at radius 1 is 1.35 bits per heavy atom. The van der Waals surface area contributed by atoms with Crippen molar-refractivity contribution in [2.24, 2.45) is 0 Å². The monoisotopic (exact) mass is 279 g/mol. The molecule has 0 aliphatic heterocycles. The number of carboxylic acid groups (broad SMARTS) is 1. The Morgan fingerprint density at radius 2 is 2.10 bits per heavy atom. The van der Waals surface area contributed by atoms with Crippen LogP contribution in [-0.4, -0.2) is 30.2 Å². The van der Waals surface area contributed by atoms with Crippen molar-refractivity contribution in [3.05, 3.63) is 29.8 Å². The van der Waals surface area contributed by atoms with Crippen LogP contribution in [0.1, 0.15) is 31.7 Å². The van der Waals surface area contributed by atoms with E-state index in [-0.39, 0.29) is 18.4 Å². The molecule has 1 aromatic carbocycles. The number of hydrogen-bond acceptors (Lipinski definition) is 3. The van der Waals surface area contributed by atoms with E-state index in [2.05, 4.69) is 5.32 Å². The molecule has 0 aromatic heterocycles. The number of amides is 1. The van der Waals surface area contributed by atoms with Crippen LogP contribution < -0.4 is 5.32 Å². The van der Waals surface area contributed by atoms with Crippen molar-refractivity contribution in [3.63, 3.8) is 0 Å². The van der Waals surface area contributed by atoms with E-state index in [9.17, 15) is 9.59 Å². The Balaban J connectivity index is 2.48. The van der Waals surface area contributed by atoms with Crippen LogP contribution in [0.4, 0.5) is 5.69 Å². The topological polar surface area (TPSA) is 75.6 Å². The van der Waals surface area contributed by atoms with Gasteiger partial charge < -0.3 is 15.2 Å². The van der Waals surface area contributed by atoms with E-state index in [1.165, 1.54) is 0 Å². The Labute approximate surface area is 118 Å². The third-order valence-corrected chi connectivity index (χ3v) is 3.02. The van der Waals surface area contributed by atoms with Gasteiger partial charge in [0.25, 0.3) is 0 Å². The maximum atomic E-state index is 11.7. The molecule has 1 aromatic rings. The molecule has 0 spiro atoms. The maximum Gasteiger partial charge on any atom is 0.303 e. The number of aliphatic carboxylic acids is 1. The fourth-order valence-electron chi connectivity index (χ4n) is 1.73. The number of carbonyl (C=O) groups is 2. The van der Waals surface area contributed by atoms with E-state index >= 15 is 0 Å². The number of benzene rings is 1. The Morgan fingerprint density at radius 3 is 2.75 bits per heavy atom. The van der Waals surface area contributed by atoms with Crippen LogP contribution in [0.25, 0.3) is 0 Å². The number of rotatable bonds is 8. The lowest BCUT2D eigenvalue weighted by atomic mass is 10.1. The molecule has 0 fully saturated rings. The van der Waals surface area contributed by atoms with Crippen molar-refractivity contribution in [2.75, 3.05) is 12.4 Å². The van der Waals surface area contributed by atoms with Crippen LogP contribution in [0.15, 0.2) is 24.3 Å². The van der Waals surface area contributed by atoms with Gasteiger partial charge in [0.15, 0.2) is 0 Å². The van der Waals surface area contributed by atoms with Crippen LogP contribution in [0.3, 0.4) is 0 Å². The summed E-state index contributed by atoms with van der Waals surface area (Å²) in [7, 11) is 1.62. The summed E-state index contributed by atoms with van der Waals surface area (Å²) in [6, 6.07) is 7.26. The van der Waals surface area contributed by atoms with E-state index in [4.69, 9.17) is 9.84 Å². The van der Waals surface area contributed by atoms with Gasteiger partial charge in [0, 0.05) is 25.6 Å². The summed E-state index contributed by atoms with van der Waals surface area (Å²) in [5.41, 5.74) is 1.60. The molecule has 0 heterocycles. The van der Waals surface area contributed by atoms with Gasteiger partial charge in [-0.3, -0.25) is 9.59 Å². The first-order valence-corrected chi connectivity index (χ1v) is 6.64. The third-order valence-electron chi connectivity index (χ3n) is 3.02. The average Bonchev–Trinajstić information content (AvgIpc) is 2.43. The quantitative estimate of drug-likeness (QED) is 0.766. The Bertz CT molecular complexity index is 459. The van der Waals surface area contributed by atoms with Crippen molar-refractivity contribution in [3.8, 4) is 0 Å². The number of carbonyl (C=O) groups excluding carboxylic acids is 1. The van der Waals surface area contributed by atoms with Gasteiger partial charge in [-0.1, -0.05) is 12.1 Å². The molecule has 1 rings (SSSR count). The predicted molar refractivity (Wildman–Crippen MR) is 76.7 cm³/mol. The van der Waals surface area contributed by atoms with E-state index in [0.717, 1.165) is 5.56 Å². The number of anilines is 1. The van der Waals surface area contributed by atoms with Crippen molar-refractivity contribution in [2.45, 2.75) is 38.7 Å². The smallest absolute Gasteiger partial charge is 0.303 e. The van der Waals surface area contributed by atoms with Gasteiger partial charge in [-0.05, 0) is 37.5 Å². The van der Waals surface area contributed by atoms with Gasteiger partial charge in [-0.2, -0.15) is 0 Å². The number of hydrogen-bond donors (Lipinski definition) is 2. The van der Waals surface area contributed by atoms with E-state index in [1.807, 2.05) is 19.1 Å². The lowest BCUT2D eigenvalue weighted by Gasteiger charge is -2.10. The number of aryl methyl sites for hydroxylation is 1. The number of ether oxygens (including phenoxy) is 1. The van der Waals surface area contributed by atoms with Crippen LogP contribution in [0.5, 0.6) is 0 Å². The van der Waals surface area contributed by atoms with Crippen molar-refractivity contribution >= 4 is 17.6 Å². The molecule has 1 unspecified atom stereocenters. The molecule has 0 radical (unpaired) electrons. The molecule has 1 amide bonds. The molecule has 20 heavy (non-hydrogen) atoms. The van der Waals surface area contributed by atoms with Crippen molar-refractivity contribution in [1.82, 2.24) is 0 Å². The molecule has 2 N–H and O–H groups in total. The molecule has 5 nitrogen and oxygen atoms in total. The Kier molecular flexibility index (Phi) is 6.73.